The van der Waals surface area contributed by atoms with Gasteiger partial charge in [-0.25, -0.2) is 9.18 Å². The predicted octanol–water partition coefficient (Wildman–Crippen LogP) is 5.64. The molecular weight excluding hydrogens is 331 g/mol. The number of carboxylic acids is 1. The molecule has 0 bridgehead atoms. The van der Waals surface area contributed by atoms with Crippen LogP contribution in [0.5, 0.6) is 0 Å². The molecule has 0 radical (unpaired) electrons. The Morgan fingerprint density at radius 1 is 1.04 bits per heavy atom. The van der Waals surface area contributed by atoms with Crippen molar-refractivity contribution in [3.8, 4) is 21.6 Å². The van der Waals surface area contributed by atoms with Gasteiger partial charge in [0.1, 0.15) is 10.7 Å². The maximum Gasteiger partial charge on any atom is 0.345 e. The Balaban J connectivity index is 2.13. The Morgan fingerprint density at radius 3 is 2.22 bits per heavy atom. The minimum atomic E-state index is -0.953. The Bertz CT molecular complexity index is 836. The zero-order chi connectivity index (χ0) is 16.4. The lowest BCUT2D eigenvalue weighted by Gasteiger charge is -2.05. The van der Waals surface area contributed by atoms with Gasteiger partial charge in [0.25, 0.3) is 0 Å². The van der Waals surface area contributed by atoms with E-state index in [2.05, 4.69) is 0 Å². The summed E-state index contributed by atoms with van der Waals surface area (Å²) in [6.07, 6.45) is 2.01. The van der Waals surface area contributed by atoms with Crippen LogP contribution in [-0.4, -0.2) is 17.3 Å². The molecule has 0 saturated carbocycles. The number of benzene rings is 2. The van der Waals surface area contributed by atoms with Crippen LogP contribution in [0.2, 0.25) is 0 Å². The molecule has 23 heavy (non-hydrogen) atoms. The summed E-state index contributed by atoms with van der Waals surface area (Å²) in [7, 11) is 0. The molecule has 0 spiro atoms. The molecule has 0 aliphatic heterocycles. The van der Waals surface area contributed by atoms with Crippen molar-refractivity contribution >= 4 is 29.1 Å². The lowest BCUT2D eigenvalue weighted by atomic mass is 10.0. The average molecular weight is 344 g/mol. The van der Waals surface area contributed by atoms with Gasteiger partial charge in [0.2, 0.25) is 0 Å². The number of rotatable bonds is 4. The summed E-state index contributed by atoms with van der Waals surface area (Å²) < 4.78 is 13.1. The van der Waals surface area contributed by atoms with Gasteiger partial charge in [-0.1, -0.05) is 24.3 Å². The van der Waals surface area contributed by atoms with Crippen molar-refractivity contribution in [2.45, 2.75) is 4.90 Å². The highest BCUT2D eigenvalue weighted by Crippen LogP contribution is 2.39. The van der Waals surface area contributed by atoms with E-state index in [1.54, 1.807) is 30.0 Å². The highest BCUT2D eigenvalue weighted by molar-refractivity contribution is 7.98. The van der Waals surface area contributed by atoms with Crippen LogP contribution in [0.4, 0.5) is 4.39 Å². The highest BCUT2D eigenvalue weighted by Gasteiger charge is 2.16. The van der Waals surface area contributed by atoms with E-state index in [0.717, 1.165) is 26.5 Å². The van der Waals surface area contributed by atoms with E-state index in [4.69, 9.17) is 0 Å². The Labute approximate surface area is 141 Å². The third kappa shape index (κ3) is 3.30. The maximum atomic E-state index is 13.1. The van der Waals surface area contributed by atoms with Crippen LogP contribution < -0.4 is 0 Å². The van der Waals surface area contributed by atoms with Crippen LogP contribution in [0.25, 0.3) is 21.6 Å². The molecule has 0 aliphatic carbocycles. The van der Waals surface area contributed by atoms with Crippen molar-refractivity contribution in [3.05, 3.63) is 65.3 Å². The Hall–Kier alpha value is -2.11. The smallest absolute Gasteiger partial charge is 0.345 e. The normalized spacial score (nSPS) is 10.7. The first-order chi connectivity index (χ1) is 11.1. The SMILES string of the molecule is CSc1ccc(-c2sc(C(=O)O)cc2-c2ccc(F)cc2)cc1. The van der Waals surface area contributed by atoms with Crippen molar-refractivity contribution in [3.63, 3.8) is 0 Å². The zero-order valence-electron chi connectivity index (χ0n) is 12.2. The summed E-state index contributed by atoms with van der Waals surface area (Å²) >= 11 is 2.89. The maximum absolute atomic E-state index is 13.1. The number of halogens is 1. The van der Waals surface area contributed by atoms with Gasteiger partial charge >= 0.3 is 5.97 Å². The second kappa shape index (κ2) is 6.56. The molecule has 1 aromatic heterocycles. The van der Waals surface area contributed by atoms with Crippen molar-refractivity contribution in [1.82, 2.24) is 0 Å². The first-order valence-electron chi connectivity index (χ1n) is 6.86. The Kier molecular flexibility index (Phi) is 4.50. The van der Waals surface area contributed by atoms with Gasteiger partial charge in [0.15, 0.2) is 0 Å². The molecule has 0 fully saturated rings. The largest absolute Gasteiger partial charge is 0.477 e. The van der Waals surface area contributed by atoms with Crippen molar-refractivity contribution < 1.29 is 14.3 Å². The molecule has 2 aromatic carbocycles. The second-order valence-electron chi connectivity index (χ2n) is 4.89. The first-order valence-corrected chi connectivity index (χ1v) is 8.90. The van der Waals surface area contributed by atoms with Gasteiger partial charge in [0, 0.05) is 15.3 Å². The molecule has 0 atom stereocenters. The quantitative estimate of drug-likeness (QED) is 0.622. The molecule has 3 rings (SSSR count). The van der Waals surface area contributed by atoms with E-state index in [1.807, 2.05) is 30.5 Å². The molecule has 0 aliphatic rings. The minimum Gasteiger partial charge on any atom is -0.477 e. The number of thiophene rings is 1. The zero-order valence-corrected chi connectivity index (χ0v) is 13.9. The fourth-order valence-corrected chi connectivity index (χ4v) is 3.73. The van der Waals surface area contributed by atoms with Gasteiger partial charge in [-0.15, -0.1) is 23.1 Å². The molecule has 116 valence electrons. The van der Waals surface area contributed by atoms with Crippen LogP contribution >= 0.6 is 23.1 Å². The fourth-order valence-electron chi connectivity index (χ4n) is 2.30. The standard InChI is InChI=1S/C18H13FO2S2/c1-22-14-8-4-12(5-9-14)17-15(10-16(23-17)18(20)21)11-2-6-13(19)7-3-11/h2-10H,1H3,(H,20,21). The third-order valence-electron chi connectivity index (χ3n) is 3.45. The van der Waals surface area contributed by atoms with E-state index in [1.165, 1.54) is 23.5 Å². The minimum absolute atomic E-state index is 0.272. The van der Waals surface area contributed by atoms with Crippen LogP contribution in [0, 0.1) is 5.82 Å². The highest BCUT2D eigenvalue weighted by atomic mass is 32.2. The van der Waals surface area contributed by atoms with E-state index in [-0.39, 0.29) is 10.7 Å². The molecule has 0 unspecified atom stereocenters. The summed E-state index contributed by atoms with van der Waals surface area (Å²) in [5, 5.41) is 9.29. The van der Waals surface area contributed by atoms with E-state index < -0.39 is 5.97 Å². The molecular formula is C18H13FO2S2. The number of carboxylic acid groups (broad SMARTS) is 1. The monoisotopic (exact) mass is 344 g/mol. The lowest BCUT2D eigenvalue weighted by molar-refractivity contribution is 0.0702. The Morgan fingerprint density at radius 2 is 1.65 bits per heavy atom. The van der Waals surface area contributed by atoms with Crippen LogP contribution in [-0.2, 0) is 0 Å². The summed E-state index contributed by atoms with van der Waals surface area (Å²) in [6, 6.07) is 15.7. The first kappa shape index (κ1) is 15.8. The second-order valence-corrected chi connectivity index (χ2v) is 6.83. The molecule has 0 saturated heterocycles. The topological polar surface area (TPSA) is 37.3 Å². The molecule has 3 aromatic rings. The van der Waals surface area contributed by atoms with E-state index in [0.29, 0.717) is 0 Å². The molecule has 1 heterocycles. The van der Waals surface area contributed by atoms with Gasteiger partial charge in [0.05, 0.1) is 0 Å². The van der Waals surface area contributed by atoms with Gasteiger partial charge < -0.3 is 5.11 Å². The predicted molar refractivity (Wildman–Crippen MR) is 93.9 cm³/mol. The molecule has 0 amide bonds. The van der Waals surface area contributed by atoms with Crippen molar-refractivity contribution in [2.75, 3.05) is 6.26 Å². The number of aromatic carboxylic acids is 1. The third-order valence-corrected chi connectivity index (χ3v) is 5.37. The van der Waals surface area contributed by atoms with Crippen molar-refractivity contribution in [2.24, 2.45) is 0 Å². The van der Waals surface area contributed by atoms with Gasteiger partial charge in [-0.05, 0) is 47.7 Å². The van der Waals surface area contributed by atoms with E-state index in [9.17, 15) is 14.3 Å². The van der Waals surface area contributed by atoms with Crippen LogP contribution in [0.15, 0.2) is 59.5 Å². The van der Waals surface area contributed by atoms with Crippen LogP contribution in [0.1, 0.15) is 9.67 Å². The van der Waals surface area contributed by atoms with Crippen LogP contribution in [0.3, 0.4) is 0 Å². The lowest BCUT2D eigenvalue weighted by Crippen LogP contribution is -1.89. The van der Waals surface area contributed by atoms with Crippen molar-refractivity contribution in [1.29, 1.82) is 0 Å². The molecule has 2 nitrogen and oxygen atoms in total. The fraction of sp³-hybridized carbons (Fsp3) is 0.0556. The number of carbonyl (C=O) groups is 1. The number of thioether (sulfide) groups is 1. The van der Waals surface area contributed by atoms with Gasteiger partial charge in [-0.2, -0.15) is 0 Å². The van der Waals surface area contributed by atoms with Gasteiger partial charge in [-0.3, -0.25) is 0 Å². The number of hydrogen-bond donors (Lipinski definition) is 1. The molecule has 1 N–H and O–H groups in total. The molecule has 5 heteroatoms. The number of hydrogen-bond acceptors (Lipinski definition) is 3. The average Bonchev–Trinajstić information content (AvgIpc) is 3.01. The summed E-state index contributed by atoms with van der Waals surface area (Å²) in [4.78, 5) is 13.6. The summed E-state index contributed by atoms with van der Waals surface area (Å²) in [5.74, 6) is -1.27. The summed E-state index contributed by atoms with van der Waals surface area (Å²) in [5.41, 5.74) is 2.57. The summed E-state index contributed by atoms with van der Waals surface area (Å²) in [6.45, 7) is 0. The van der Waals surface area contributed by atoms with E-state index >= 15 is 0 Å².